The molecule has 1 fully saturated rings. The van der Waals surface area contributed by atoms with E-state index in [0.717, 1.165) is 49.7 Å². The van der Waals surface area contributed by atoms with E-state index in [4.69, 9.17) is 4.74 Å². The van der Waals surface area contributed by atoms with Crippen LogP contribution < -0.4 is 10.6 Å². The molecule has 2 N–H and O–H groups in total. The normalized spacial score (nSPS) is 18.6. The molecule has 0 radical (unpaired) electrons. The number of carbonyl (C=O) groups is 4. The molecule has 1 aliphatic rings. The first-order chi connectivity index (χ1) is 25.3. The van der Waals surface area contributed by atoms with Gasteiger partial charge in [0.05, 0.1) is 0 Å². The van der Waals surface area contributed by atoms with Crippen molar-refractivity contribution in [1.29, 1.82) is 0 Å². The molecule has 4 amide bonds. The summed E-state index contributed by atoms with van der Waals surface area (Å²) in [6, 6.07) is 20.1. The largest absolute Gasteiger partial charge is 0.381 e. The van der Waals surface area contributed by atoms with Gasteiger partial charge in [-0.15, -0.1) is 0 Å². The lowest BCUT2D eigenvalue weighted by Crippen LogP contribution is -2.63. The molecule has 53 heavy (non-hydrogen) atoms. The van der Waals surface area contributed by atoms with Crippen LogP contribution in [0.1, 0.15) is 77.3 Å². The van der Waals surface area contributed by atoms with Crippen LogP contribution in [0.5, 0.6) is 0 Å². The molecule has 2 aromatic rings. The van der Waals surface area contributed by atoms with Gasteiger partial charge in [-0.3, -0.25) is 19.2 Å². The Balaban J connectivity index is 0.000000415. The summed E-state index contributed by atoms with van der Waals surface area (Å²) in [5.74, 6) is -0.109. The number of rotatable bonds is 20. The molecule has 0 aliphatic heterocycles. The predicted molar refractivity (Wildman–Crippen MR) is 214 cm³/mol. The molecular formula is C44H62N4O5. The third-order valence-corrected chi connectivity index (χ3v) is 10.1. The molecule has 0 aromatic heterocycles. The van der Waals surface area contributed by atoms with Crippen LogP contribution in [-0.4, -0.2) is 71.3 Å². The Kier molecular flexibility index (Phi) is 19.3. The number of hydrogen-bond donors (Lipinski definition) is 2. The van der Waals surface area contributed by atoms with Gasteiger partial charge >= 0.3 is 0 Å². The Hall–Kier alpha value is -4.76. The van der Waals surface area contributed by atoms with E-state index in [0.29, 0.717) is 39.4 Å². The number of nitrogens with zero attached hydrogens (tertiary/aromatic N) is 2. The molecular weight excluding hydrogens is 665 g/mol. The predicted octanol–water partition coefficient (Wildman–Crippen LogP) is 7.17. The van der Waals surface area contributed by atoms with E-state index in [1.54, 1.807) is 0 Å². The van der Waals surface area contributed by atoms with Gasteiger partial charge in [0, 0.05) is 51.0 Å². The molecule has 9 heteroatoms. The molecule has 9 nitrogen and oxygen atoms in total. The van der Waals surface area contributed by atoms with Crippen LogP contribution in [0.3, 0.4) is 0 Å². The van der Waals surface area contributed by atoms with E-state index in [1.807, 2.05) is 70.5 Å². The summed E-state index contributed by atoms with van der Waals surface area (Å²) < 4.78 is 5.76. The second-order valence-corrected chi connectivity index (χ2v) is 14.5. The second-order valence-electron chi connectivity index (χ2n) is 14.5. The summed E-state index contributed by atoms with van der Waals surface area (Å²) in [6.07, 6.45) is 10.5. The molecule has 0 saturated heterocycles. The fraction of sp³-hybridized carbons (Fsp3) is 0.455. The summed E-state index contributed by atoms with van der Waals surface area (Å²) in [4.78, 5) is 51.1. The monoisotopic (exact) mass is 726 g/mol. The standard InChI is InChI=1S/C28H36N2O3.C16H26N2O2/c1-3-27(31)29(23-25-15-7-5-8-16-25)19-11-13-21-33-22-14-12-20-30(28(32)4-2)24-26-17-9-6-10-18-26;1-7-13(19)17-12-10-15(4,5)16(6,9-11(12)3)18-14(20)8-2/h3-10,15-18H,1-2,11-14,19-24H2;7-8,11-12H,1-2,9-10H2,3-6H3,(H,17,19)(H,18,20). The minimum absolute atomic E-state index is 0.0473. The van der Waals surface area contributed by atoms with Crippen molar-refractivity contribution in [2.45, 2.75) is 90.9 Å². The summed E-state index contributed by atoms with van der Waals surface area (Å²) in [7, 11) is 0. The maximum absolute atomic E-state index is 12.1. The van der Waals surface area contributed by atoms with Crippen molar-refractivity contribution in [3.8, 4) is 0 Å². The van der Waals surface area contributed by atoms with Gasteiger partial charge in [-0.05, 0) is 92.2 Å². The SMILES string of the molecule is C=CC(=O)N(CCCCOCCCCN(Cc1ccccc1)C(=O)C=C)Cc1ccccc1.C=CC(=O)NC1CC(C)(C)C(C)(NC(=O)C=C)CC1C. The molecule has 0 spiro atoms. The molecule has 0 bridgehead atoms. The van der Waals surface area contributed by atoms with Gasteiger partial charge in [0.1, 0.15) is 0 Å². The average Bonchev–Trinajstić information content (AvgIpc) is 3.15. The van der Waals surface area contributed by atoms with Crippen molar-refractivity contribution in [2.24, 2.45) is 11.3 Å². The zero-order valence-electron chi connectivity index (χ0n) is 32.5. The molecule has 2 aromatic carbocycles. The minimum Gasteiger partial charge on any atom is -0.381 e. The number of amides is 4. The van der Waals surface area contributed by atoms with Crippen LogP contribution in [0, 0.1) is 11.3 Å². The van der Waals surface area contributed by atoms with Crippen molar-refractivity contribution < 1.29 is 23.9 Å². The maximum Gasteiger partial charge on any atom is 0.246 e. The lowest BCUT2D eigenvalue weighted by Gasteiger charge is -2.53. The lowest BCUT2D eigenvalue weighted by atomic mass is 9.59. The van der Waals surface area contributed by atoms with Crippen LogP contribution in [0.2, 0.25) is 0 Å². The number of carbonyl (C=O) groups excluding carboxylic acids is 4. The smallest absolute Gasteiger partial charge is 0.246 e. The van der Waals surface area contributed by atoms with Crippen molar-refractivity contribution in [3.05, 3.63) is 122 Å². The fourth-order valence-corrected chi connectivity index (χ4v) is 6.53. The second kappa shape index (κ2) is 23.0. The van der Waals surface area contributed by atoms with Gasteiger partial charge in [0.25, 0.3) is 0 Å². The first-order valence-electron chi connectivity index (χ1n) is 18.6. The van der Waals surface area contributed by atoms with Crippen LogP contribution in [0.4, 0.5) is 0 Å². The lowest BCUT2D eigenvalue weighted by molar-refractivity contribution is -0.127. The fourth-order valence-electron chi connectivity index (χ4n) is 6.53. The highest BCUT2D eigenvalue weighted by molar-refractivity contribution is 5.88. The van der Waals surface area contributed by atoms with Crippen LogP contribution in [-0.2, 0) is 37.0 Å². The number of hydrogen-bond acceptors (Lipinski definition) is 5. The zero-order valence-corrected chi connectivity index (χ0v) is 32.5. The molecule has 1 saturated carbocycles. The van der Waals surface area contributed by atoms with Crippen LogP contribution in [0.15, 0.2) is 111 Å². The Morgan fingerprint density at radius 3 is 1.57 bits per heavy atom. The number of nitrogens with one attached hydrogen (secondary N) is 2. The highest BCUT2D eigenvalue weighted by Crippen LogP contribution is 2.46. The quantitative estimate of drug-likeness (QED) is 0.111. The highest BCUT2D eigenvalue weighted by atomic mass is 16.5. The Morgan fingerprint density at radius 2 is 1.15 bits per heavy atom. The molecule has 3 unspecified atom stereocenters. The van der Waals surface area contributed by atoms with Gasteiger partial charge in [-0.25, -0.2) is 0 Å². The van der Waals surface area contributed by atoms with E-state index in [2.05, 4.69) is 64.6 Å². The van der Waals surface area contributed by atoms with E-state index in [-0.39, 0.29) is 46.5 Å². The van der Waals surface area contributed by atoms with E-state index in [1.165, 1.54) is 24.3 Å². The molecule has 1 aliphatic carbocycles. The molecule has 3 rings (SSSR count). The molecule has 0 heterocycles. The van der Waals surface area contributed by atoms with E-state index >= 15 is 0 Å². The summed E-state index contributed by atoms with van der Waals surface area (Å²) in [5, 5.41) is 6.05. The summed E-state index contributed by atoms with van der Waals surface area (Å²) in [6.45, 7) is 26.5. The number of unbranched alkanes of at least 4 members (excludes halogenated alkanes) is 2. The van der Waals surface area contributed by atoms with E-state index in [9.17, 15) is 19.2 Å². The maximum atomic E-state index is 12.1. The number of benzene rings is 2. The molecule has 3 atom stereocenters. The van der Waals surface area contributed by atoms with Crippen LogP contribution >= 0.6 is 0 Å². The Bertz CT molecular complexity index is 1420. The first-order valence-corrected chi connectivity index (χ1v) is 18.6. The summed E-state index contributed by atoms with van der Waals surface area (Å²) in [5.41, 5.74) is 1.78. The highest BCUT2D eigenvalue weighted by Gasteiger charge is 2.49. The number of ether oxygens (including phenoxy) is 1. The zero-order chi connectivity index (χ0) is 39.3. The van der Waals surface area contributed by atoms with Gasteiger partial charge in [-0.2, -0.15) is 0 Å². The third-order valence-electron chi connectivity index (χ3n) is 10.1. The summed E-state index contributed by atoms with van der Waals surface area (Å²) >= 11 is 0. The van der Waals surface area contributed by atoms with Crippen molar-refractivity contribution in [3.63, 3.8) is 0 Å². The third kappa shape index (κ3) is 15.4. The van der Waals surface area contributed by atoms with Crippen molar-refractivity contribution in [2.75, 3.05) is 26.3 Å². The van der Waals surface area contributed by atoms with Crippen molar-refractivity contribution >= 4 is 23.6 Å². The Labute approximate surface area is 318 Å². The minimum atomic E-state index is -0.312. The average molecular weight is 727 g/mol. The topological polar surface area (TPSA) is 108 Å². The Morgan fingerprint density at radius 1 is 0.698 bits per heavy atom. The van der Waals surface area contributed by atoms with Gasteiger partial charge in [-0.1, -0.05) is 108 Å². The van der Waals surface area contributed by atoms with Gasteiger partial charge in [0.15, 0.2) is 0 Å². The van der Waals surface area contributed by atoms with Gasteiger partial charge < -0.3 is 25.2 Å². The van der Waals surface area contributed by atoms with Crippen LogP contribution in [0.25, 0.3) is 0 Å². The molecule has 288 valence electrons. The van der Waals surface area contributed by atoms with Gasteiger partial charge in [0.2, 0.25) is 23.6 Å². The van der Waals surface area contributed by atoms with Crippen molar-refractivity contribution in [1.82, 2.24) is 20.4 Å². The first kappa shape index (κ1) is 44.4. The van der Waals surface area contributed by atoms with E-state index < -0.39 is 0 Å².